The number of aromatic nitrogens is 3. The van der Waals surface area contributed by atoms with Gasteiger partial charge in [0, 0.05) is 37.8 Å². The molecule has 26 heavy (non-hydrogen) atoms. The number of aromatic hydroxyl groups is 1. The van der Waals surface area contributed by atoms with Gasteiger partial charge in [-0.15, -0.1) is 0 Å². The third-order valence-electron chi connectivity index (χ3n) is 4.75. The van der Waals surface area contributed by atoms with Gasteiger partial charge in [-0.05, 0) is 17.2 Å². The molecule has 6 nitrogen and oxygen atoms in total. The maximum absolute atomic E-state index is 13.0. The fourth-order valence-electron chi connectivity index (χ4n) is 3.40. The van der Waals surface area contributed by atoms with Crippen molar-refractivity contribution in [2.75, 3.05) is 0 Å². The molecule has 1 atom stereocenters. The fraction of sp³-hybridized carbons (Fsp3) is 0.211. The monoisotopic (exact) mass is 368 g/mol. The van der Waals surface area contributed by atoms with Crippen LogP contribution in [0, 0.1) is 0 Å². The van der Waals surface area contributed by atoms with Crippen LogP contribution in [0.1, 0.15) is 33.2 Å². The number of nitrogens with zero attached hydrogens (tertiary/aromatic N) is 4. The normalized spacial score (nSPS) is 16.2. The second kappa shape index (κ2) is 6.46. The lowest BCUT2D eigenvalue weighted by atomic mass is 10.0. The molecule has 132 valence electrons. The number of benzene rings is 1. The molecule has 0 bridgehead atoms. The Hall–Kier alpha value is -2.86. The lowest BCUT2D eigenvalue weighted by Gasteiger charge is -2.25. The second-order valence-electron chi connectivity index (χ2n) is 6.33. The van der Waals surface area contributed by atoms with Crippen molar-refractivity contribution in [3.63, 3.8) is 0 Å². The van der Waals surface area contributed by atoms with Gasteiger partial charge in [0.25, 0.3) is 5.91 Å². The Kier molecular flexibility index (Phi) is 4.12. The number of pyridine rings is 1. The molecule has 3 aromatic rings. The molecule has 1 aliphatic rings. The molecule has 0 aliphatic carbocycles. The van der Waals surface area contributed by atoms with Crippen molar-refractivity contribution in [1.82, 2.24) is 19.7 Å². The van der Waals surface area contributed by atoms with Gasteiger partial charge in [-0.2, -0.15) is 5.10 Å². The van der Waals surface area contributed by atoms with Gasteiger partial charge in [-0.3, -0.25) is 9.48 Å². The zero-order valence-electron chi connectivity index (χ0n) is 14.1. The van der Waals surface area contributed by atoms with E-state index >= 15 is 0 Å². The van der Waals surface area contributed by atoms with Crippen LogP contribution >= 0.6 is 11.6 Å². The van der Waals surface area contributed by atoms with E-state index in [1.165, 1.54) is 6.07 Å². The number of hydrogen-bond donors (Lipinski definition) is 1. The highest BCUT2D eigenvalue weighted by Gasteiger charge is 2.37. The van der Waals surface area contributed by atoms with Crippen LogP contribution in [0.25, 0.3) is 0 Å². The summed E-state index contributed by atoms with van der Waals surface area (Å²) in [6.07, 6.45) is 3.77. The summed E-state index contributed by atoms with van der Waals surface area (Å²) >= 11 is 6.29. The number of carbonyl (C=O) groups excluding carboxylic acids is 1. The first-order valence-corrected chi connectivity index (χ1v) is 8.62. The van der Waals surface area contributed by atoms with Crippen LogP contribution in [0.3, 0.4) is 0 Å². The first kappa shape index (κ1) is 16.6. The van der Waals surface area contributed by atoms with Gasteiger partial charge in [0.2, 0.25) is 5.88 Å². The number of fused-ring (bicyclic) bond motifs is 1. The van der Waals surface area contributed by atoms with Crippen molar-refractivity contribution in [2.45, 2.75) is 19.0 Å². The molecule has 2 aromatic heterocycles. The number of hydrogen-bond acceptors (Lipinski definition) is 4. The third kappa shape index (κ3) is 2.82. The van der Waals surface area contributed by atoms with Crippen LogP contribution in [-0.4, -0.2) is 30.7 Å². The van der Waals surface area contributed by atoms with Crippen molar-refractivity contribution < 1.29 is 9.90 Å². The predicted octanol–water partition coefficient (Wildman–Crippen LogP) is 3.11. The number of carbonyl (C=O) groups is 1. The summed E-state index contributed by atoms with van der Waals surface area (Å²) in [4.78, 5) is 18.7. The van der Waals surface area contributed by atoms with Crippen LogP contribution in [0.5, 0.6) is 5.88 Å². The van der Waals surface area contributed by atoms with Crippen molar-refractivity contribution in [3.8, 4) is 5.88 Å². The van der Waals surface area contributed by atoms with Crippen molar-refractivity contribution >= 4 is 17.5 Å². The lowest BCUT2D eigenvalue weighted by molar-refractivity contribution is 0.0707. The Balaban J connectivity index is 1.71. The Bertz CT molecular complexity index is 948. The molecular weight excluding hydrogens is 352 g/mol. The zero-order chi connectivity index (χ0) is 18.3. The minimum atomic E-state index is -0.139. The highest BCUT2D eigenvalue weighted by molar-refractivity contribution is 6.31. The first-order chi connectivity index (χ1) is 12.5. The van der Waals surface area contributed by atoms with Crippen molar-refractivity contribution in [2.24, 2.45) is 7.05 Å². The summed E-state index contributed by atoms with van der Waals surface area (Å²) in [5, 5.41) is 14.2. The van der Waals surface area contributed by atoms with Gasteiger partial charge in [0.15, 0.2) is 0 Å². The molecule has 4 rings (SSSR count). The molecule has 1 aromatic carbocycles. The van der Waals surface area contributed by atoms with Crippen LogP contribution in [0.15, 0.2) is 48.8 Å². The maximum Gasteiger partial charge on any atom is 0.255 e. The molecule has 1 N–H and O–H groups in total. The van der Waals surface area contributed by atoms with Crippen LogP contribution in [0.4, 0.5) is 0 Å². The summed E-state index contributed by atoms with van der Waals surface area (Å²) in [7, 11) is 1.85. The van der Waals surface area contributed by atoms with Gasteiger partial charge in [-0.25, -0.2) is 4.98 Å². The Morgan fingerprint density at radius 2 is 2.00 bits per heavy atom. The van der Waals surface area contributed by atoms with Crippen LogP contribution in [-0.2, 0) is 20.0 Å². The number of aryl methyl sites for hydroxylation is 1. The predicted molar refractivity (Wildman–Crippen MR) is 96.9 cm³/mol. The smallest absolute Gasteiger partial charge is 0.255 e. The molecule has 1 aliphatic heterocycles. The molecule has 1 amide bonds. The maximum atomic E-state index is 13.0. The highest BCUT2D eigenvalue weighted by atomic mass is 35.5. The molecule has 7 heteroatoms. The van der Waals surface area contributed by atoms with E-state index < -0.39 is 0 Å². The summed E-state index contributed by atoms with van der Waals surface area (Å²) in [6, 6.07) is 10.8. The fourth-order valence-corrected chi connectivity index (χ4v) is 3.65. The van der Waals surface area contributed by atoms with E-state index in [9.17, 15) is 9.90 Å². The Morgan fingerprint density at radius 3 is 2.69 bits per heavy atom. The molecule has 0 spiro atoms. The van der Waals surface area contributed by atoms with E-state index in [-0.39, 0.29) is 17.8 Å². The standard InChI is InChI=1S/C19H17ClN4O2/c1-23-17(15(20)10-22-23)8-16-13-4-2-3-5-14(13)19(26)24(16)11-12-6-7-18(25)21-9-12/h2-7,9-10,16H,8,11H2,1H3,(H,21,25). The molecule has 0 saturated carbocycles. The van der Waals surface area contributed by atoms with Crippen molar-refractivity contribution in [1.29, 1.82) is 0 Å². The van der Waals surface area contributed by atoms with E-state index in [1.54, 1.807) is 23.1 Å². The summed E-state index contributed by atoms with van der Waals surface area (Å²) < 4.78 is 1.74. The number of halogens is 1. The SMILES string of the molecule is Cn1ncc(Cl)c1CC1c2ccccc2C(=O)N1Cc1ccc(O)nc1. The number of amides is 1. The van der Waals surface area contributed by atoms with Gasteiger partial charge in [0.1, 0.15) is 0 Å². The van der Waals surface area contributed by atoms with Gasteiger partial charge in [0.05, 0.1) is 23.0 Å². The largest absolute Gasteiger partial charge is 0.493 e. The van der Waals surface area contributed by atoms with E-state index in [2.05, 4.69) is 10.1 Å². The zero-order valence-corrected chi connectivity index (χ0v) is 14.9. The average molecular weight is 369 g/mol. The minimum absolute atomic E-state index is 0.0167. The van der Waals surface area contributed by atoms with Gasteiger partial charge >= 0.3 is 0 Å². The summed E-state index contributed by atoms with van der Waals surface area (Å²) in [5.41, 5.74) is 3.43. The van der Waals surface area contributed by atoms with E-state index in [0.717, 1.165) is 16.8 Å². The lowest BCUT2D eigenvalue weighted by Crippen LogP contribution is -2.29. The Morgan fingerprint density at radius 1 is 1.19 bits per heavy atom. The van der Waals surface area contributed by atoms with Gasteiger partial charge < -0.3 is 10.0 Å². The molecule has 0 radical (unpaired) electrons. The Labute approximate surface area is 155 Å². The van der Waals surface area contributed by atoms with Gasteiger partial charge in [-0.1, -0.05) is 35.9 Å². The van der Waals surface area contributed by atoms with Crippen molar-refractivity contribution in [3.05, 3.63) is 76.2 Å². The highest BCUT2D eigenvalue weighted by Crippen LogP contribution is 2.38. The molecule has 3 heterocycles. The van der Waals surface area contributed by atoms with Crippen LogP contribution in [0.2, 0.25) is 5.02 Å². The minimum Gasteiger partial charge on any atom is -0.493 e. The van der Waals surface area contributed by atoms with E-state index in [4.69, 9.17) is 11.6 Å². The summed E-state index contributed by atoms with van der Waals surface area (Å²) in [6.45, 7) is 0.404. The number of rotatable bonds is 4. The van der Waals surface area contributed by atoms with Crippen LogP contribution < -0.4 is 0 Å². The third-order valence-corrected chi connectivity index (χ3v) is 5.06. The second-order valence-corrected chi connectivity index (χ2v) is 6.73. The quantitative estimate of drug-likeness (QED) is 0.768. The van der Waals surface area contributed by atoms with E-state index in [1.807, 2.05) is 36.2 Å². The summed E-state index contributed by atoms with van der Waals surface area (Å²) in [5.74, 6) is -0.0556. The molecule has 1 unspecified atom stereocenters. The molecule has 0 saturated heterocycles. The molecular formula is C19H17ClN4O2. The van der Waals surface area contributed by atoms with E-state index in [0.29, 0.717) is 23.6 Å². The molecule has 0 fully saturated rings. The first-order valence-electron chi connectivity index (χ1n) is 8.24. The topological polar surface area (TPSA) is 71.2 Å². The average Bonchev–Trinajstić information content (AvgIpc) is 3.10.